The molecule has 1 aromatic carbocycles. The summed E-state index contributed by atoms with van der Waals surface area (Å²) in [7, 11) is 0. The van der Waals surface area contributed by atoms with Crippen molar-refractivity contribution in [3.8, 4) is 5.75 Å². The Morgan fingerprint density at radius 1 is 1.35 bits per heavy atom. The Balaban J connectivity index is 2.21. The van der Waals surface area contributed by atoms with E-state index in [4.69, 9.17) is 4.74 Å². The molecule has 0 atom stereocenters. The highest BCUT2D eigenvalue weighted by Gasteiger charge is 2.09. The summed E-state index contributed by atoms with van der Waals surface area (Å²) in [5, 5.41) is 3.32. The van der Waals surface area contributed by atoms with Crippen molar-refractivity contribution in [3.63, 3.8) is 0 Å². The zero-order valence-corrected chi connectivity index (χ0v) is 10.1. The molecule has 0 fully saturated rings. The maximum atomic E-state index is 13.7. The van der Waals surface area contributed by atoms with Crippen molar-refractivity contribution in [1.82, 2.24) is 5.32 Å². The quantitative estimate of drug-likeness (QED) is 0.869. The molecule has 2 rings (SSSR count). The zero-order valence-electron chi connectivity index (χ0n) is 10.1. The van der Waals surface area contributed by atoms with Crippen LogP contribution in [0.15, 0.2) is 24.3 Å². The molecule has 2 nitrogen and oxygen atoms in total. The number of nitrogens with one attached hydrogen (secondary N) is 1. The third kappa shape index (κ3) is 3.07. The van der Waals surface area contributed by atoms with Gasteiger partial charge >= 0.3 is 0 Å². The summed E-state index contributed by atoms with van der Waals surface area (Å²) in [6.07, 6.45) is 4.15. The molecule has 17 heavy (non-hydrogen) atoms. The fraction of sp³-hybridized carbons (Fsp3) is 0.429. The van der Waals surface area contributed by atoms with Crippen molar-refractivity contribution in [1.29, 1.82) is 0 Å². The second-order valence-electron chi connectivity index (χ2n) is 4.10. The molecule has 0 aliphatic carbocycles. The lowest BCUT2D eigenvalue weighted by molar-refractivity contribution is 0.321. The number of benzene rings is 1. The minimum Gasteiger partial charge on any atom is -0.491 e. The fourth-order valence-corrected chi connectivity index (χ4v) is 2.03. The second-order valence-corrected chi connectivity index (χ2v) is 4.10. The summed E-state index contributed by atoms with van der Waals surface area (Å²) in [6.45, 7) is 4.30. The molecule has 1 aromatic rings. The molecule has 3 heteroatoms. The number of halogens is 1. The summed E-state index contributed by atoms with van der Waals surface area (Å²) < 4.78 is 18.9. The topological polar surface area (TPSA) is 21.3 Å². The van der Waals surface area contributed by atoms with Gasteiger partial charge in [0.15, 0.2) is 11.6 Å². The minimum atomic E-state index is -0.276. The lowest BCUT2D eigenvalue weighted by Crippen LogP contribution is -2.13. The van der Waals surface area contributed by atoms with Gasteiger partial charge in [0.05, 0.1) is 6.61 Å². The van der Waals surface area contributed by atoms with E-state index in [9.17, 15) is 4.39 Å². The van der Waals surface area contributed by atoms with Crippen molar-refractivity contribution in [2.45, 2.75) is 19.8 Å². The van der Waals surface area contributed by atoms with E-state index in [-0.39, 0.29) is 5.82 Å². The molecule has 1 heterocycles. The average molecular weight is 235 g/mol. The number of hydrogen-bond donors (Lipinski definition) is 1. The Morgan fingerprint density at radius 2 is 2.24 bits per heavy atom. The van der Waals surface area contributed by atoms with Gasteiger partial charge in [-0.1, -0.05) is 12.1 Å². The van der Waals surface area contributed by atoms with Gasteiger partial charge in [0.2, 0.25) is 0 Å². The lowest BCUT2D eigenvalue weighted by Gasteiger charge is -2.09. The van der Waals surface area contributed by atoms with Crippen LogP contribution >= 0.6 is 0 Å². The molecule has 0 unspecified atom stereocenters. The van der Waals surface area contributed by atoms with Gasteiger partial charge in [-0.2, -0.15) is 0 Å². The minimum absolute atomic E-state index is 0.276. The van der Waals surface area contributed by atoms with Crippen molar-refractivity contribution in [3.05, 3.63) is 35.7 Å². The summed E-state index contributed by atoms with van der Waals surface area (Å²) in [4.78, 5) is 0. The van der Waals surface area contributed by atoms with E-state index in [1.54, 1.807) is 12.1 Å². The van der Waals surface area contributed by atoms with E-state index in [0.717, 1.165) is 31.5 Å². The molecule has 0 radical (unpaired) electrons. The van der Waals surface area contributed by atoms with E-state index in [0.29, 0.717) is 12.4 Å². The van der Waals surface area contributed by atoms with Gasteiger partial charge in [0.1, 0.15) is 0 Å². The maximum absolute atomic E-state index is 13.7. The highest BCUT2D eigenvalue weighted by Crippen LogP contribution is 2.25. The van der Waals surface area contributed by atoms with Crippen LogP contribution in [0.5, 0.6) is 5.75 Å². The molecular formula is C14H18FNO. The van der Waals surface area contributed by atoms with Crippen LogP contribution in [-0.4, -0.2) is 19.7 Å². The Bertz CT molecular complexity index is 415. The first-order valence-electron chi connectivity index (χ1n) is 6.13. The molecule has 0 amide bonds. The van der Waals surface area contributed by atoms with Crippen LogP contribution in [-0.2, 0) is 0 Å². The Labute approximate surface area is 101 Å². The molecule has 0 bridgehead atoms. The van der Waals surface area contributed by atoms with Crippen LogP contribution < -0.4 is 10.1 Å². The van der Waals surface area contributed by atoms with Crippen LogP contribution in [0.2, 0.25) is 0 Å². The molecule has 0 saturated heterocycles. The van der Waals surface area contributed by atoms with E-state index >= 15 is 0 Å². The largest absolute Gasteiger partial charge is 0.491 e. The SMILES string of the molecule is CCOc1ccc(C2=CCCNCC2)cc1F. The van der Waals surface area contributed by atoms with Crippen LogP contribution in [0.3, 0.4) is 0 Å². The van der Waals surface area contributed by atoms with E-state index in [1.165, 1.54) is 5.57 Å². The highest BCUT2D eigenvalue weighted by molar-refractivity contribution is 5.66. The van der Waals surface area contributed by atoms with Crippen LogP contribution in [0, 0.1) is 5.82 Å². The summed E-state index contributed by atoms with van der Waals surface area (Å²) in [5.41, 5.74) is 2.19. The Kier molecular flexibility index (Phi) is 4.15. The predicted molar refractivity (Wildman–Crippen MR) is 67.6 cm³/mol. The van der Waals surface area contributed by atoms with Crippen molar-refractivity contribution >= 4 is 5.57 Å². The number of ether oxygens (including phenoxy) is 1. The number of rotatable bonds is 3. The van der Waals surface area contributed by atoms with Crippen LogP contribution in [0.25, 0.3) is 5.57 Å². The molecule has 92 valence electrons. The first-order valence-corrected chi connectivity index (χ1v) is 6.13. The molecule has 0 saturated carbocycles. The van der Waals surface area contributed by atoms with Gasteiger partial charge < -0.3 is 10.1 Å². The van der Waals surface area contributed by atoms with Gasteiger partial charge in [-0.15, -0.1) is 0 Å². The lowest BCUT2D eigenvalue weighted by atomic mass is 10.0. The van der Waals surface area contributed by atoms with Gasteiger partial charge in [-0.25, -0.2) is 4.39 Å². The fourth-order valence-electron chi connectivity index (χ4n) is 2.03. The molecule has 0 spiro atoms. The average Bonchev–Trinajstić information content (AvgIpc) is 2.60. The molecule has 0 aromatic heterocycles. The first-order chi connectivity index (χ1) is 8.31. The summed E-state index contributed by atoms with van der Waals surface area (Å²) in [6, 6.07) is 5.22. The van der Waals surface area contributed by atoms with Gasteiger partial charge in [0, 0.05) is 0 Å². The Morgan fingerprint density at radius 3 is 3.00 bits per heavy atom. The summed E-state index contributed by atoms with van der Waals surface area (Å²) >= 11 is 0. The Hall–Kier alpha value is -1.35. The zero-order chi connectivity index (χ0) is 12.1. The van der Waals surface area contributed by atoms with Gasteiger partial charge in [-0.05, 0) is 56.1 Å². The van der Waals surface area contributed by atoms with E-state index in [2.05, 4.69) is 11.4 Å². The molecule has 1 N–H and O–H groups in total. The molecule has 1 aliphatic rings. The van der Waals surface area contributed by atoms with E-state index in [1.807, 2.05) is 13.0 Å². The van der Waals surface area contributed by atoms with Crippen molar-refractivity contribution < 1.29 is 9.13 Å². The summed E-state index contributed by atoms with van der Waals surface area (Å²) in [5.74, 6) is 0.0612. The highest BCUT2D eigenvalue weighted by atomic mass is 19.1. The van der Waals surface area contributed by atoms with Crippen molar-refractivity contribution in [2.24, 2.45) is 0 Å². The van der Waals surface area contributed by atoms with Crippen LogP contribution in [0.4, 0.5) is 4.39 Å². The van der Waals surface area contributed by atoms with Crippen LogP contribution in [0.1, 0.15) is 25.3 Å². The van der Waals surface area contributed by atoms with E-state index < -0.39 is 0 Å². The standard InChI is InChI=1S/C14H18FNO/c1-2-17-14-6-5-12(10-13(14)15)11-4-3-8-16-9-7-11/h4-6,10,16H,2-3,7-9H2,1H3. The smallest absolute Gasteiger partial charge is 0.165 e. The third-order valence-corrected chi connectivity index (χ3v) is 2.89. The van der Waals surface area contributed by atoms with Crippen molar-refractivity contribution in [2.75, 3.05) is 19.7 Å². The second kappa shape index (κ2) is 5.82. The first kappa shape index (κ1) is 12.1. The molecule has 1 aliphatic heterocycles. The van der Waals surface area contributed by atoms with Gasteiger partial charge in [-0.3, -0.25) is 0 Å². The normalized spacial score (nSPS) is 16.2. The van der Waals surface area contributed by atoms with Gasteiger partial charge in [0.25, 0.3) is 0 Å². The monoisotopic (exact) mass is 235 g/mol. The number of hydrogen-bond acceptors (Lipinski definition) is 2. The third-order valence-electron chi connectivity index (χ3n) is 2.89. The predicted octanol–water partition coefficient (Wildman–Crippen LogP) is 2.99. The maximum Gasteiger partial charge on any atom is 0.165 e. The molecular weight excluding hydrogens is 217 g/mol.